The standard InChI is InChI=1S/C23H29ClF2N2O5SSi/c1-35(2,3)10-9-31-15-28(22-6-4-5-21(26)27-22)34(29,30)20-12-18(24)17(11-19(20)25)16-13-23(14-16)32-7-8-33-23/h4-6,11-12,16H,7-10,13-15H2,1-3H3. The molecule has 4 rings (SSSR count). The fourth-order valence-electron chi connectivity index (χ4n) is 4.14. The van der Waals surface area contributed by atoms with Gasteiger partial charge in [0.2, 0.25) is 5.95 Å². The molecule has 1 aromatic heterocycles. The van der Waals surface area contributed by atoms with Crippen molar-refractivity contribution in [2.24, 2.45) is 0 Å². The first-order chi connectivity index (χ1) is 16.4. The maximum atomic E-state index is 15.3. The first-order valence-corrected chi connectivity index (χ1v) is 16.9. The molecule has 0 N–H and O–H groups in total. The van der Waals surface area contributed by atoms with Crippen molar-refractivity contribution in [2.45, 2.75) is 55.1 Å². The summed E-state index contributed by atoms with van der Waals surface area (Å²) < 4.78 is 73.8. The van der Waals surface area contributed by atoms with Gasteiger partial charge in [-0.2, -0.15) is 4.39 Å². The Kier molecular flexibility index (Phi) is 7.57. The molecule has 35 heavy (non-hydrogen) atoms. The number of halogens is 3. The van der Waals surface area contributed by atoms with Crippen molar-refractivity contribution < 1.29 is 31.4 Å². The molecular formula is C23H29ClF2N2O5SSi. The lowest BCUT2D eigenvalue weighted by Gasteiger charge is -2.43. The Morgan fingerprint density at radius 2 is 1.89 bits per heavy atom. The minimum absolute atomic E-state index is 0.113. The van der Waals surface area contributed by atoms with Crippen LogP contribution < -0.4 is 4.31 Å². The molecule has 2 heterocycles. The van der Waals surface area contributed by atoms with Crippen LogP contribution in [0.4, 0.5) is 14.6 Å². The number of rotatable bonds is 9. The minimum Gasteiger partial charge on any atom is -0.360 e. The van der Waals surface area contributed by atoms with Gasteiger partial charge < -0.3 is 14.2 Å². The molecule has 0 bridgehead atoms. The van der Waals surface area contributed by atoms with Crippen molar-refractivity contribution in [3.8, 4) is 0 Å². The van der Waals surface area contributed by atoms with Crippen LogP contribution in [0.3, 0.4) is 0 Å². The quantitative estimate of drug-likeness (QED) is 0.187. The third-order valence-electron chi connectivity index (χ3n) is 6.15. The molecule has 192 valence electrons. The number of sulfonamides is 1. The average Bonchev–Trinajstić information content (AvgIpc) is 3.23. The Morgan fingerprint density at radius 3 is 2.51 bits per heavy atom. The maximum absolute atomic E-state index is 15.3. The van der Waals surface area contributed by atoms with Crippen LogP contribution in [0.5, 0.6) is 0 Å². The topological polar surface area (TPSA) is 78.0 Å². The van der Waals surface area contributed by atoms with Gasteiger partial charge >= 0.3 is 0 Å². The first kappa shape index (κ1) is 26.4. The van der Waals surface area contributed by atoms with Gasteiger partial charge in [-0.1, -0.05) is 37.3 Å². The summed E-state index contributed by atoms with van der Waals surface area (Å²) in [5.74, 6) is -2.80. The van der Waals surface area contributed by atoms with Crippen molar-refractivity contribution in [3.05, 3.63) is 52.7 Å². The molecule has 1 aromatic carbocycles. The maximum Gasteiger partial charge on any atom is 0.270 e. The van der Waals surface area contributed by atoms with E-state index in [9.17, 15) is 12.8 Å². The Labute approximate surface area is 210 Å². The zero-order valence-electron chi connectivity index (χ0n) is 19.9. The van der Waals surface area contributed by atoms with Crippen LogP contribution in [0.15, 0.2) is 35.2 Å². The molecular weight excluding hydrogens is 518 g/mol. The largest absolute Gasteiger partial charge is 0.360 e. The third kappa shape index (κ3) is 5.86. The Bertz CT molecular complexity index is 1180. The van der Waals surface area contributed by atoms with Gasteiger partial charge in [0.25, 0.3) is 10.0 Å². The summed E-state index contributed by atoms with van der Waals surface area (Å²) in [5, 5.41) is 0.120. The van der Waals surface area contributed by atoms with E-state index in [0.717, 1.165) is 28.5 Å². The van der Waals surface area contributed by atoms with Gasteiger partial charge in [0.1, 0.15) is 23.3 Å². The molecule has 1 aliphatic heterocycles. The fraction of sp³-hybridized carbons (Fsp3) is 0.522. The number of nitrogens with zero attached hydrogens (tertiary/aromatic N) is 2. The number of pyridine rings is 1. The second kappa shape index (κ2) is 10.0. The van der Waals surface area contributed by atoms with Gasteiger partial charge in [0, 0.05) is 32.5 Å². The van der Waals surface area contributed by atoms with Gasteiger partial charge in [-0.05, 0) is 41.8 Å². The second-order valence-electron chi connectivity index (χ2n) is 10.0. The van der Waals surface area contributed by atoms with E-state index in [1.807, 2.05) is 0 Å². The van der Waals surface area contributed by atoms with Crippen LogP contribution in [0, 0.1) is 11.8 Å². The molecule has 2 aliphatic rings. The SMILES string of the molecule is C[Si](C)(C)CCOCN(c1cccc(F)n1)S(=O)(=O)c1cc(Cl)c(C2CC3(C2)OCCO3)cc1F. The summed E-state index contributed by atoms with van der Waals surface area (Å²) in [6.07, 6.45) is 1.03. The Hall–Kier alpha value is -1.63. The van der Waals surface area contributed by atoms with Gasteiger partial charge in [0.15, 0.2) is 5.79 Å². The molecule has 7 nitrogen and oxygen atoms in total. The number of ether oxygens (including phenoxy) is 3. The van der Waals surface area contributed by atoms with Gasteiger partial charge in [-0.25, -0.2) is 22.1 Å². The van der Waals surface area contributed by atoms with E-state index in [-0.39, 0.29) is 16.8 Å². The van der Waals surface area contributed by atoms with E-state index in [0.29, 0.717) is 38.2 Å². The minimum atomic E-state index is -4.51. The summed E-state index contributed by atoms with van der Waals surface area (Å²) in [6, 6.07) is 6.78. The van der Waals surface area contributed by atoms with Crippen LogP contribution in [0.1, 0.15) is 24.3 Å². The fourth-order valence-corrected chi connectivity index (χ4v) is 6.65. The summed E-state index contributed by atoms with van der Waals surface area (Å²) >= 11 is 6.43. The molecule has 2 fully saturated rings. The average molecular weight is 547 g/mol. The number of aromatic nitrogens is 1. The van der Waals surface area contributed by atoms with Crippen molar-refractivity contribution in [2.75, 3.05) is 30.9 Å². The van der Waals surface area contributed by atoms with Crippen molar-refractivity contribution >= 4 is 35.5 Å². The first-order valence-electron chi connectivity index (χ1n) is 11.4. The highest BCUT2D eigenvalue weighted by molar-refractivity contribution is 7.92. The van der Waals surface area contributed by atoms with Crippen LogP contribution in [-0.4, -0.2) is 53.8 Å². The zero-order valence-corrected chi connectivity index (χ0v) is 22.5. The lowest BCUT2D eigenvalue weighted by atomic mass is 9.74. The number of anilines is 1. The summed E-state index contributed by atoms with van der Waals surface area (Å²) in [4.78, 5) is 3.05. The molecule has 0 amide bonds. The zero-order chi connectivity index (χ0) is 25.4. The van der Waals surface area contributed by atoms with Gasteiger partial charge in [0.05, 0.1) is 13.2 Å². The molecule has 1 aliphatic carbocycles. The van der Waals surface area contributed by atoms with E-state index in [1.165, 1.54) is 12.1 Å². The van der Waals surface area contributed by atoms with Crippen LogP contribution in [-0.2, 0) is 24.2 Å². The van der Waals surface area contributed by atoms with Crippen LogP contribution >= 0.6 is 11.6 Å². The Morgan fingerprint density at radius 1 is 1.20 bits per heavy atom. The molecule has 0 unspecified atom stereocenters. The molecule has 1 spiro atoms. The Balaban J connectivity index is 1.60. The number of hydrogen-bond acceptors (Lipinski definition) is 6. The highest BCUT2D eigenvalue weighted by Gasteiger charge is 2.50. The lowest BCUT2D eigenvalue weighted by molar-refractivity contribution is -0.215. The van der Waals surface area contributed by atoms with Crippen LogP contribution in [0.25, 0.3) is 0 Å². The predicted molar refractivity (Wildman–Crippen MR) is 131 cm³/mol. The summed E-state index contributed by atoms with van der Waals surface area (Å²) in [5.41, 5.74) is 0.495. The van der Waals surface area contributed by atoms with E-state index in [1.54, 1.807) is 0 Å². The van der Waals surface area contributed by atoms with E-state index in [2.05, 4.69) is 24.6 Å². The normalized spacial score (nSPS) is 18.1. The summed E-state index contributed by atoms with van der Waals surface area (Å²) in [6.45, 7) is 7.37. The summed E-state index contributed by atoms with van der Waals surface area (Å²) in [7, 11) is -5.95. The third-order valence-corrected chi connectivity index (χ3v) is 9.92. The highest BCUT2D eigenvalue weighted by atomic mass is 35.5. The second-order valence-corrected chi connectivity index (χ2v) is 17.9. The van der Waals surface area contributed by atoms with Crippen molar-refractivity contribution in [1.82, 2.24) is 4.98 Å². The lowest BCUT2D eigenvalue weighted by Crippen LogP contribution is -2.43. The van der Waals surface area contributed by atoms with Gasteiger partial charge in [-0.15, -0.1) is 0 Å². The molecule has 0 atom stereocenters. The molecule has 1 saturated carbocycles. The molecule has 1 saturated heterocycles. The van der Waals surface area contributed by atoms with Crippen LogP contribution in [0.2, 0.25) is 30.7 Å². The highest BCUT2D eigenvalue weighted by Crippen LogP contribution is 2.51. The van der Waals surface area contributed by atoms with Gasteiger partial charge in [-0.3, -0.25) is 0 Å². The van der Waals surface area contributed by atoms with Crippen molar-refractivity contribution in [3.63, 3.8) is 0 Å². The van der Waals surface area contributed by atoms with Crippen molar-refractivity contribution in [1.29, 1.82) is 0 Å². The predicted octanol–water partition coefficient (Wildman–Crippen LogP) is 5.14. The number of hydrogen-bond donors (Lipinski definition) is 0. The smallest absolute Gasteiger partial charge is 0.270 e. The molecule has 2 aromatic rings. The molecule has 12 heteroatoms. The van der Waals surface area contributed by atoms with E-state index in [4.69, 9.17) is 25.8 Å². The van der Waals surface area contributed by atoms with E-state index < -0.39 is 47.3 Å². The monoisotopic (exact) mass is 546 g/mol. The number of benzene rings is 1. The van der Waals surface area contributed by atoms with E-state index >= 15 is 4.39 Å². The molecule has 0 radical (unpaired) electrons.